The first-order chi connectivity index (χ1) is 10.5. The number of nitrogens with zero attached hydrogens (tertiary/aromatic N) is 1. The van der Waals surface area contributed by atoms with Crippen molar-refractivity contribution in [3.63, 3.8) is 0 Å². The molecular weight excluding hydrogens is 218 g/mol. The largest absolute Gasteiger partial charge is 0.192 e. The lowest BCUT2D eigenvalue weighted by Gasteiger charge is -2.28. The van der Waals surface area contributed by atoms with Crippen molar-refractivity contribution in [1.29, 1.82) is 5.26 Å². The van der Waals surface area contributed by atoms with Gasteiger partial charge in [0.1, 0.15) is 0 Å². The molecule has 2 rings (SSSR count). The van der Waals surface area contributed by atoms with E-state index in [0.717, 1.165) is 31.6 Å². The molecule has 0 aromatic heterocycles. The van der Waals surface area contributed by atoms with Crippen LogP contribution in [0.5, 0.6) is 0 Å². The molecule has 1 fully saturated rings. The number of nitriles is 1. The Balaban J connectivity index is 2.23. The van der Waals surface area contributed by atoms with Crippen LogP contribution in [0, 0.1) is 17.2 Å². The average Bonchev–Trinajstić information content (AvgIpc) is 2.53. The van der Waals surface area contributed by atoms with Crippen LogP contribution in [0.1, 0.15) is 74.4 Å². The van der Waals surface area contributed by atoms with E-state index in [1.54, 1.807) is 6.07 Å². The van der Waals surface area contributed by atoms with Gasteiger partial charge in [-0.05, 0) is 55.2 Å². The van der Waals surface area contributed by atoms with E-state index in [1.807, 2.05) is 0 Å². The summed E-state index contributed by atoms with van der Waals surface area (Å²) in [7, 11) is 0. The van der Waals surface area contributed by atoms with Crippen LogP contribution in [0.4, 0.5) is 0 Å². The van der Waals surface area contributed by atoms with Gasteiger partial charge in [-0.15, -0.1) is 0 Å². The van der Waals surface area contributed by atoms with Crippen LogP contribution in [0.15, 0.2) is 24.2 Å². The summed E-state index contributed by atoms with van der Waals surface area (Å²) < 4.78 is 32.1. The molecule has 1 aromatic carbocycles. The fourth-order valence-corrected chi connectivity index (χ4v) is 2.81. The molecule has 1 nitrogen and oxygen atoms in total. The Morgan fingerprint density at radius 2 is 1.89 bits per heavy atom. The third-order valence-electron chi connectivity index (χ3n) is 3.98. The maximum Gasteiger partial charge on any atom is 0.0991 e. The molecule has 0 heterocycles. The van der Waals surface area contributed by atoms with Gasteiger partial charge in [0, 0.05) is 0 Å². The smallest absolute Gasteiger partial charge is 0.0991 e. The van der Waals surface area contributed by atoms with Gasteiger partial charge in [0.25, 0.3) is 0 Å². The van der Waals surface area contributed by atoms with Crippen LogP contribution in [0.3, 0.4) is 0 Å². The average molecular weight is 245 g/mol. The molecule has 1 aliphatic rings. The zero-order valence-corrected chi connectivity index (χ0v) is 11.1. The second kappa shape index (κ2) is 6.59. The zero-order chi connectivity index (χ0) is 16.3. The molecule has 1 saturated carbocycles. The van der Waals surface area contributed by atoms with E-state index >= 15 is 0 Å². The van der Waals surface area contributed by atoms with E-state index < -0.39 is 0 Å². The normalized spacial score (nSPS) is 26.7. The number of benzene rings is 1. The van der Waals surface area contributed by atoms with Gasteiger partial charge < -0.3 is 0 Å². The quantitative estimate of drug-likeness (QED) is 0.730. The summed E-state index contributed by atoms with van der Waals surface area (Å²) in [6.07, 6.45) is 7.79. The molecule has 0 aliphatic heterocycles. The summed E-state index contributed by atoms with van der Waals surface area (Å²) in [6.45, 7) is 2.20. The predicted octanol–water partition coefficient (Wildman–Crippen LogP) is 5.02. The predicted molar refractivity (Wildman–Crippen MR) is 75.4 cm³/mol. The molecule has 0 saturated heterocycles. The maximum absolute atomic E-state index is 9.01. The Morgan fingerprint density at radius 3 is 2.44 bits per heavy atom. The van der Waals surface area contributed by atoms with E-state index in [1.165, 1.54) is 19.3 Å². The lowest BCUT2D eigenvalue weighted by molar-refractivity contribution is 0.304. The Kier molecular flexibility index (Phi) is 3.20. The van der Waals surface area contributed by atoms with E-state index in [4.69, 9.17) is 10.7 Å². The van der Waals surface area contributed by atoms with Crippen LogP contribution < -0.4 is 0 Å². The third kappa shape index (κ3) is 3.35. The number of hydrogen-bond donors (Lipinski definition) is 0. The molecular formula is C17H23N. The van der Waals surface area contributed by atoms with E-state index in [0.29, 0.717) is 5.56 Å². The van der Waals surface area contributed by atoms with E-state index in [2.05, 4.69) is 6.92 Å². The highest BCUT2D eigenvalue weighted by Gasteiger charge is 2.21. The summed E-state index contributed by atoms with van der Waals surface area (Å²) in [5.41, 5.74) is 0.373. The lowest BCUT2D eigenvalue weighted by Crippen LogP contribution is -2.13. The standard InChI is InChI=1S/C17H23N/c1-2-3-4-14-5-9-16(10-6-14)17-11-7-15(13-18)8-12-17/h7-8,11-12,14,16H,2-6,9-10H2,1H3/i7D,8D,11D,12D. The van der Waals surface area contributed by atoms with Crippen molar-refractivity contribution in [3.05, 3.63) is 35.3 Å². The number of unbranched alkanes of at least 4 members (excludes halogenated alkanes) is 1. The summed E-state index contributed by atoms with van der Waals surface area (Å²) in [4.78, 5) is 0. The minimum Gasteiger partial charge on any atom is -0.192 e. The molecule has 0 amide bonds. The highest BCUT2D eigenvalue weighted by Crippen LogP contribution is 2.37. The monoisotopic (exact) mass is 245 g/mol. The van der Waals surface area contributed by atoms with Gasteiger partial charge >= 0.3 is 0 Å². The molecule has 1 aromatic rings. The fourth-order valence-electron chi connectivity index (χ4n) is 2.81. The molecule has 0 N–H and O–H groups in total. The molecule has 1 heteroatoms. The first-order valence-electron chi connectivity index (χ1n) is 9.01. The van der Waals surface area contributed by atoms with Crippen LogP contribution in [0.2, 0.25) is 0 Å². The van der Waals surface area contributed by atoms with Crippen molar-refractivity contribution in [2.75, 3.05) is 0 Å². The molecule has 96 valence electrons. The molecule has 0 radical (unpaired) electrons. The third-order valence-corrected chi connectivity index (χ3v) is 3.98. The Hall–Kier alpha value is -1.29. The minimum atomic E-state index is -0.188. The van der Waals surface area contributed by atoms with Crippen molar-refractivity contribution >= 4 is 0 Å². The van der Waals surface area contributed by atoms with Gasteiger partial charge in [-0.2, -0.15) is 5.26 Å². The second-order valence-electron chi connectivity index (χ2n) is 5.26. The van der Waals surface area contributed by atoms with Crippen molar-refractivity contribution in [1.82, 2.24) is 0 Å². The van der Waals surface area contributed by atoms with E-state index in [9.17, 15) is 0 Å². The van der Waals surface area contributed by atoms with Crippen molar-refractivity contribution < 1.29 is 5.48 Å². The van der Waals surface area contributed by atoms with Gasteiger partial charge in [0.05, 0.1) is 17.1 Å². The molecule has 1 aliphatic carbocycles. The topological polar surface area (TPSA) is 23.8 Å². The SMILES string of the molecule is [2H]c1c([2H])c(C2CCC(CCCC)CC2)c([2H])c([2H])c1C#N. The van der Waals surface area contributed by atoms with Gasteiger partial charge in [0.2, 0.25) is 0 Å². The van der Waals surface area contributed by atoms with E-state index in [-0.39, 0.29) is 35.7 Å². The first-order valence-corrected chi connectivity index (χ1v) is 7.01. The fraction of sp³-hybridized carbons (Fsp3) is 0.588. The Morgan fingerprint density at radius 1 is 1.22 bits per heavy atom. The van der Waals surface area contributed by atoms with Crippen molar-refractivity contribution in [3.8, 4) is 6.07 Å². The maximum atomic E-state index is 9.01. The van der Waals surface area contributed by atoms with Gasteiger partial charge in [-0.25, -0.2) is 0 Å². The number of hydrogen-bond acceptors (Lipinski definition) is 1. The second-order valence-corrected chi connectivity index (χ2v) is 5.26. The zero-order valence-electron chi connectivity index (χ0n) is 15.1. The van der Waals surface area contributed by atoms with Crippen LogP contribution >= 0.6 is 0 Å². The first kappa shape index (κ1) is 8.75. The summed E-state index contributed by atoms with van der Waals surface area (Å²) >= 11 is 0. The van der Waals surface area contributed by atoms with Gasteiger partial charge in [-0.3, -0.25) is 0 Å². The van der Waals surface area contributed by atoms with Crippen LogP contribution in [0.25, 0.3) is 0 Å². The highest BCUT2D eigenvalue weighted by atomic mass is 14.3. The molecule has 0 spiro atoms. The van der Waals surface area contributed by atoms with Crippen molar-refractivity contribution in [2.45, 2.75) is 57.8 Å². The molecule has 0 unspecified atom stereocenters. The summed E-state index contributed by atoms with van der Waals surface area (Å²) in [6, 6.07) is 1.38. The van der Waals surface area contributed by atoms with Crippen LogP contribution in [-0.2, 0) is 0 Å². The molecule has 18 heavy (non-hydrogen) atoms. The Bertz CT molecular complexity index is 554. The highest BCUT2D eigenvalue weighted by molar-refractivity contribution is 5.33. The lowest BCUT2D eigenvalue weighted by atomic mass is 9.77. The van der Waals surface area contributed by atoms with Crippen LogP contribution in [-0.4, -0.2) is 0 Å². The molecule has 0 atom stereocenters. The van der Waals surface area contributed by atoms with Crippen molar-refractivity contribution in [2.24, 2.45) is 5.92 Å². The Labute approximate surface area is 116 Å². The summed E-state index contributed by atoms with van der Waals surface area (Å²) in [5, 5.41) is 9.01. The molecule has 0 bridgehead atoms. The van der Waals surface area contributed by atoms with Gasteiger partial charge in [0.15, 0.2) is 0 Å². The van der Waals surface area contributed by atoms with Gasteiger partial charge in [-0.1, -0.05) is 38.3 Å². The minimum absolute atomic E-state index is 0.0189. The summed E-state index contributed by atoms with van der Waals surface area (Å²) in [5.74, 6) is 0.836. The number of rotatable bonds is 4.